The molecule has 0 amide bonds. The van der Waals surface area contributed by atoms with E-state index in [0.717, 1.165) is 12.2 Å². The van der Waals surface area contributed by atoms with E-state index in [1.807, 2.05) is 0 Å². The number of carbonyl (C=O) groups is 2. The van der Waals surface area contributed by atoms with Crippen LogP contribution in [0.15, 0.2) is 23.7 Å². The summed E-state index contributed by atoms with van der Waals surface area (Å²) >= 11 is 0. The molecule has 0 saturated carbocycles. The molecule has 0 bridgehead atoms. The van der Waals surface area contributed by atoms with Crippen LogP contribution in [0.25, 0.3) is 0 Å². The largest absolute Gasteiger partial charge is 2.00 e. The average Bonchev–Trinajstić information content (AvgIpc) is 1.79. The minimum absolute atomic E-state index is 0. The molecule has 0 aliphatic carbocycles. The quantitative estimate of drug-likeness (QED) is 0.342. The molecule has 0 saturated heterocycles. The molecule has 0 rings (SSSR count). The van der Waals surface area contributed by atoms with Crippen LogP contribution in [0.3, 0.4) is 0 Å². The Balaban J connectivity index is -0.0000000480. The molecule has 0 aromatic rings. The SMILES string of the molecule is CC(=O)/C=C(/C)[O-].CC(=O)/C=C(/C)[O-].[Cl-].[H+].[Pt+2]. The monoisotopic (exact) mass is 429 g/mol. The van der Waals surface area contributed by atoms with Crippen LogP contribution in [0.4, 0.5) is 0 Å². The van der Waals surface area contributed by atoms with Gasteiger partial charge in [0.25, 0.3) is 0 Å². The number of rotatable bonds is 2. The number of hydrogen-bond donors (Lipinski definition) is 0. The molecule has 16 heavy (non-hydrogen) atoms. The van der Waals surface area contributed by atoms with Gasteiger partial charge in [0, 0.05) is 0 Å². The van der Waals surface area contributed by atoms with Crippen molar-refractivity contribution in [2.75, 3.05) is 0 Å². The number of halogens is 1. The van der Waals surface area contributed by atoms with Gasteiger partial charge in [-0.05, 0) is 26.0 Å². The summed E-state index contributed by atoms with van der Waals surface area (Å²) in [4.78, 5) is 20.0. The summed E-state index contributed by atoms with van der Waals surface area (Å²) in [5.41, 5.74) is 0. The van der Waals surface area contributed by atoms with Crippen LogP contribution in [0.2, 0.25) is 0 Å². The number of hydrogen-bond acceptors (Lipinski definition) is 4. The van der Waals surface area contributed by atoms with Gasteiger partial charge < -0.3 is 22.6 Å². The summed E-state index contributed by atoms with van der Waals surface area (Å²) in [6.45, 7) is 5.39. The van der Waals surface area contributed by atoms with Crippen molar-refractivity contribution in [3.8, 4) is 0 Å². The van der Waals surface area contributed by atoms with E-state index in [9.17, 15) is 19.8 Å². The van der Waals surface area contributed by atoms with Crippen molar-refractivity contribution >= 4 is 11.6 Å². The van der Waals surface area contributed by atoms with E-state index in [4.69, 9.17) is 0 Å². The Kier molecular flexibility index (Phi) is 22.1. The van der Waals surface area contributed by atoms with Crippen molar-refractivity contribution in [1.82, 2.24) is 0 Å². The maximum absolute atomic E-state index is 9.98. The smallest absolute Gasteiger partial charge is 1.00 e. The number of ketones is 2. The molecule has 0 N–H and O–H groups in total. The molecular formula is C10H15ClO4Pt. The van der Waals surface area contributed by atoms with Gasteiger partial charge in [0.1, 0.15) is 0 Å². The maximum Gasteiger partial charge on any atom is 2.00 e. The van der Waals surface area contributed by atoms with Crippen molar-refractivity contribution in [3.63, 3.8) is 0 Å². The predicted octanol–water partition coefficient (Wildman–Crippen LogP) is -3.21. The van der Waals surface area contributed by atoms with E-state index < -0.39 is 0 Å². The second kappa shape index (κ2) is 14.4. The normalized spacial score (nSPS) is 10.0. The summed E-state index contributed by atoms with van der Waals surface area (Å²) in [6.07, 6.45) is 2.11. The first-order valence-electron chi connectivity index (χ1n) is 3.97. The van der Waals surface area contributed by atoms with Gasteiger partial charge in [-0.2, -0.15) is 0 Å². The zero-order valence-corrected chi connectivity index (χ0v) is 12.5. The van der Waals surface area contributed by atoms with Gasteiger partial charge in [-0.15, -0.1) is 11.5 Å². The van der Waals surface area contributed by atoms with Crippen molar-refractivity contribution in [1.29, 1.82) is 0 Å². The third kappa shape index (κ3) is 37.6. The van der Waals surface area contributed by atoms with Crippen LogP contribution in [0.1, 0.15) is 29.1 Å². The van der Waals surface area contributed by atoms with Crippen molar-refractivity contribution in [2.24, 2.45) is 0 Å². The van der Waals surface area contributed by atoms with E-state index in [-0.39, 0.29) is 58.0 Å². The van der Waals surface area contributed by atoms with E-state index in [1.165, 1.54) is 27.7 Å². The molecule has 0 aliphatic heterocycles. The second-order valence-electron chi connectivity index (χ2n) is 2.73. The van der Waals surface area contributed by atoms with Gasteiger partial charge in [0.05, 0.1) is 0 Å². The molecule has 0 aromatic carbocycles. The Bertz CT molecular complexity index is 241. The van der Waals surface area contributed by atoms with Crippen LogP contribution in [-0.2, 0) is 30.7 Å². The van der Waals surface area contributed by atoms with Gasteiger partial charge in [-0.25, -0.2) is 0 Å². The van der Waals surface area contributed by atoms with Crippen LogP contribution in [0.5, 0.6) is 0 Å². The first kappa shape index (κ1) is 24.6. The Hall–Kier alpha value is -0.602. The van der Waals surface area contributed by atoms with Gasteiger partial charge in [-0.1, -0.05) is 13.8 Å². The summed E-state index contributed by atoms with van der Waals surface area (Å²) in [6, 6.07) is 0. The fourth-order valence-electron chi connectivity index (χ4n) is 0.572. The maximum atomic E-state index is 9.98. The predicted molar refractivity (Wildman–Crippen MR) is 50.0 cm³/mol. The number of carbonyl (C=O) groups excluding carboxylic acids is 2. The fraction of sp³-hybridized carbons (Fsp3) is 0.400. The molecule has 6 heteroatoms. The van der Waals surface area contributed by atoms with E-state index >= 15 is 0 Å². The van der Waals surface area contributed by atoms with E-state index in [0.29, 0.717) is 0 Å². The molecule has 0 fully saturated rings. The van der Waals surface area contributed by atoms with Crippen molar-refractivity contribution in [3.05, 3.63) is 23.7 Å². The minimum atomic E-state index is -0.187. The summed E-state index contributed by atoms with van der Waals surface area (Å²) in [5.74, 6) is -0.750. The molecule has 96 valence electrons. The van der Waals surface area contributed by atoms with Gasteiger partial charge >= 0.3 is 22.5 Å². The molecule has 0 aliphatic rings. The van der Waals surface area contributed by atoms with Crippen molar-refractivity contribution in [2.45, 2.75) is 27.7 Å². The first-order chi connectivity index (χ1) is 6.25. The molecule has 0 heterocycles. The van der Waals surface area contributed by atoms with E-state index in [2.05, 4.69) is 0 Å². The first-order valence-corrected chi connectivity index (χ1v) is 3.97. The number of allylic oxidation sites excluding steroid dienone is 4. The Morgan fingerprint density at radius 3 is 1.06 bits per heavy atom. The van der Waals surface area contributed by atoms with Gasteiger partial charge in [-0.3, -0.25) is 9.59 Å². The minimum Gasteiger partial charge on any atom is -1.00 e. The summed E-state index contributed by atoms with van der Waals surface area (Å²) in [7, 11) is 0. The molecule has 0 unspecified atom stereocenters. The summed E-state index contributed by atoms with van der Waals surface area (Å²) < 4.78 is 0. The van der Waals surface area contributed by atoms with Crippen LogP contribution in [0, 0.1) is 0 Å². The van der Waals surface area contributed by atoms with Gasteiger partial charge in [0.2, 0.25) is 0 Å². The molecule has 4 nitrogen and oxygen atoms in total. The molecule has 0 radical (unpaired) electrons. The third-order valence-electron chi connectivity index (χ3n) is 0.813. The zero-order valence-electron chi connectivity index (χ0n) is 10.5. The topological polar surface area (TPSA) is 80.3 Å². The van der Waals surface area contributed by atoms with Crippen molar-refractivity contribution < 1.29 is 54.7 Å². The van der Waals surface area contributed by atoms with E-state index in [1.54, 1.807) is 0 Å². The second-order valence-corrected chi connectivity index (χ2v) is 2.73. The fourth-order valence-corrected chi connectivity index (χ4v) is 0.572. The van der Waals surface area contributed by atoms with Gasteiger partial charge in [0.15, 0.2) is 11.6 Å². The van der Waals surface area contributed by atoms with Crippen LogP contribution >= 0.6 is 0 Å². The molecule has 0 atom stereocenters. The zero-order chi connectivity index (χ0) is 11.7. The molecule has 0 spiro atoms. The summed E-state index contributed by atoms with van der Waals surface area (Å²) in [5, 5.41) is 20.0. The Morgan fingerprint density at radius 2 is 1.06 bits per heavy atom. The molecule has 0 aromatic heterocycles. The standard InChI is InChI=1S/2C5H8O2.ClH.Pt/c2*1-4(6)3-5(2)7;;/h2*3,6H,1-2H3;1H;/q;;;+2/p-2/b2*4-3-;;. The average molecular weight is 430 g/mol. The molecular weight excluding hydrogens is 415 g/mol. The Morgan fingerprint density at radius 1 is 0.875 bits per heavy atom. The van der Waals surface area contributed by atoms with Crippen LogP contribution < -0.4 is 22.6 Å². The third-order valence-corrected chi connectivity index (χ3v) is 0.813. The Labute approximate surface area is 118 Å². The van der Waals surface area contributed by atoms with Crippen LogP contribution in [-0.4, -0.2) is 11.6 Å².